The fourth-order valence-corrected chi connectivity index (χ4v) is 4.55. The molecular weight excluding hydrogens is 461 g/mol. The average Bonchev–Trinajstić information content (AvgIpc) is 3.58. The normalized spacial score (nSPS) is 14.3. The number of amides is 3. The highest BCUT2D eigenvalue weighted by Crippen LogP contribution is 2.32. The van der Waals surface area contributed by atoms with E-state index in [1.807, 2.05) is 32.0 Å². The number of rotatable bonds is 8. The summed E-state index contributed by atoms with van der Waals surface area (Å²) < 4.78 is 18.9. The van der Waals surface area contributed by atoms with Gasteiger partial charge in [-0.15, -0.1) is 0 Å². The molecule has 1 aromatic heterocycles. The third-order valence-electron chi connectivity index (χ3n) is 6.43. The van der Waals surface area contributed by atoms with Crippen LogP contribution in [0.15, 0.2) is 65.3 Å². The van der Waals surface area contributed by atoms with E-state index in [2.05, 4.69) is 10.6 Å². The largest absolute Gasteiger partial charge is 0.459 e. The first-order valence-electron chi connectivity index (χ1n) is 12.1. The van der Waals surface area contributed by atoms with Crippen LogP contribution in [-0.2, 0) is 9.59 Å². The highest BCUT2D eigenvalue weighted by atomic mass is 19.1. The van der Waals surface area contributed by atoms with Crippen molar-refractivity contribution in [3.05, 3.63) is 89.1 Å². The first kappa shape index (κ1) is 25.2. The SMILES string of the molecule is Cc1ccc(C)c(N(C(=O)CNC(=O)c2ccco2)[C@@H](C(=O)NC2CCCC2)c2ccc(F)cc2)c1. The first-order chi connectivity index (χ1) is 17.3. The Morgan fingerprint density at radius 2 is 1.78 bits per heavy atom. The van der Waals surface area contributed by atoms with Crippen molar-refractivity contribution in [3.8, 4) is 0 Å². The van der Waals surface area contributed by atoms with E-state index in [4.69, 9.17) is 4.42 Å². The zero-order valence-electron chi connectivity index (χ0n) is 20.4. The number of nitrogens with one attached hydrogen (secondary N) is 2. The van der Waals surface area contributed by atoms with Crippen molar-refractivity contribution in [2.45, 2.75) is 51.6 Å². The van der Waals surface area contributed by atoms with Crippen LogP contribution in [0.4, 0.5) is 10.1 Å². The quantitative estimate of drug-likeness (QED) is 0.482. The van der Waals surface area contributed by atoms with Crippen molar-refractivity contribution in [1.82, 2.24) is 10.6 Å². The van der Waals surface area contributed by atoms with Gasteiger partial charge in [0.1, 0.15) is 11.9 Å². The summed E-state index contributed by atoms with van der Waals surface area (Å²) in [5.41, 5.74) is 2.70. The Morgan fingerprint density at radius 3 is 2.44 bits per heavy atom. The molecule has 1 heterocycles. The summed E-state index contributed by atoms with van der Waals surface area (Å²) in [4.78, 5) is 41.3. The highest BCUT2D eigenvalue weighted by Gasteiger charge is 2.35. The number of benzene rings is 2. The second-order valence-electron chi connectivity index (χ2n) is 9.16. The molecule has 8 heteroatoms. The van der Waals surface area contributed by atoms with E-state index >= 15 is 0 Å². The Hall–Kier alpha value is -3.94. The van der Waals surface area contributed by atoms with Gasteiger partial charge in [0.05, 0.1) is 12.8 Å². The molecular formula is C28H30FN3O4. The summed E-state index contributed by atoms with van der Waals surface area (Å²) in [5.74, 6) is -1.73. The predicted octanol–water partition coefficient (Wildman–Crippen LogP) is 4.60. The summed E-state index contributed by atoms with van der Waals surface area (Å²) in [6.07, 6.45) is 5.18. The number of halogens is 1. The molecule has 0 bridgehead atoms. The van der Waals surface area contributed by atoms with Gasteiger partial charge in [-0.2, -0.15) is 0 Å². The Kier molecular flexibility index (Phi) is 7.83. The summed E-state index contributed by atoms with van der Waals surface area (Å²) in [6.45, 7) is 3.39. The second kappa shape index (κ2) is 11.2. The van der Waals surface area contributed by atoms with E-state index < -0.39 is 23.7 Å². The summed E-state index contributed by atoms with van der Waals surface area (Å²) in [7, 11) is 0. The Bertz CT molecular complexity index is 1220. The molecule has 1 fully saturated rings. The van der Waals surface area contributed by atoms with Crippen molar-refractivity contribution in [2.24, 2.45) is 0 Å². The molecule has 1 atom stereocenters. The molecule has 188 valence electrons. The molecule has 0 unspecified atom stereocenters. The molecule has 0 saturated heterocycles. The van der Waals surface area contributed by atoms with Crippen LogP contribution in [0.1, 0.15) is 59.0 Å². The van der Waals surface area contributed by atoms with E-state index in [9.17, 15) is 18.8 Å². The van der Waals surface area contributed by atoms with E-state index in [1.165, 1.54) is 41.5 Å². The van der Waals surface area contributed by atoms with Crippen molar-refractivity contribution >= 4 is 23.4 Å². The smallest absolute Gasteiger partial charge is 0.287 e. The van der Waals surface area contributed by atoms with Crippen LogP contribution < -0.4 is 15.5 Å². The molecule has 0 radical (unpaired) electrons. The monoisotopic (exact) mass is 491 g/mol. The molecule has 1 saturated carbocycles. The molecule has 4 rings (SSSR count). The molecule has 7 nitrogen and oxygen atoms in total. The van der Waals surface area contributed by atoms with Gasteiger partial charge in [0.2, 0.25) is 11.8 Å². The van der Waals surface area contributed by atoms with Gasteiger partial charge in [-0.25, -0.2) is 4.39 Å². The minimum atomic E-state index is -1.06. The number of carbonyl (C=O) groups excluding carboxylic acids is 3. The summed E-state index contributed by atoms with van der Waals surface area (Å²) in [6, 6.07) is 13.3. The molecule has 0 spiro atoms. The molecule has 2 N–H and O–H groups in total. The minimum Gasteiger partial charge on any atom is -0.459 e. The lowest BCUT2D eigenvalue weighted by Gasteiger charge is -2.33. The lowest BCUT2D eigenvalue weighted by molar-refractivity contribution is -0.126. The Morgan fingerprint density at radius 1 is 1.06 bits per heavy atom. The lowest BCUT2D eigenvalue weighted by Crippen LogP contribution is -2.49. The third-order valence-corrected chi connectivity index (χ3v) is 6.43. The van der Waals surface area contributed by atoms with Crippen LogP contribution in [0.2, 0.25) is 0 Å². The maximum absolute atomic E-state index is 13.8. The van der Waals surface area contributed by atoms with Gasteiger partial charge in [-0.05, 0) is 73.7 Å². The van der Waals surface area contributed by atoms with Gasteiger partial charge < -0.3 is 15.1 Å². The van der Waals surface area contributed by atoms with Gasteiger partial charge in [-0.3, -0.25) is 19.3 Å². The summed E-state index contributed by atoms with van der Waals surface area (Å²) in [5, 5.41) is 5.67. The molecule has 3 amide bonds. The minimum absolute atomic E-state index is 0.0228. The zero-order valence-corrected chi connectivity index (χ0v) is 20.4. The van der Waals surface area contributed by atoms with Crippen LogP contribution in [0.25, 0.3) is 0 Å². The first-order valence-corrected chi connectivity index (χ1v) is 12.1. The second-order valence-corrected chi connectivity index (χ2v) is 9.16. The average molecular weight is 492 g/mol. The van der Waals surface area contributed by atoms with Crippen LogP contribution in [0, 0.1) is 19.7 Å². The number of nitrogens with zero attached hydrogens (tertiary/aromatic N) is 1. The number of hydrogen-bond acceptors (Lipinski definition) is 4. The number of anilines is 1. The topological polar surface area (TPSA) is 91.7 Å². The zero-order chi connectivity index (χ0) is 25.7. The van der Waals surface area contributed by atoms with Crippen molar-refractivity contribution in [3.63, 3.8) is 0 Å². The number of aryl methyl sites for hydroxylation is 2. The number of hydrogen-bond donors (Lipinski definition) is 2. The van der Waals surface area contributed by atoms with Crippen LogP contribution in [0.5, 0.6) is 0 Å². The van der Waals surface area contributed by atoms with Gasteiger partial charge >= 0.3 is 0 Å². The maximum atomic E-state index is 13.8. The van der Waals surface area contributed by atoms with Gasteiger partial charge in [-0.1, -0.05) is 37.1 Å². The van der Waals surface area contributed by atoms with Crippen LogP contribution in [0.3, 0.4) is 0 Å². The molecule has 3 aromatic rings. The van der Waals surface area contributed by atoms with Crippen LogP contribution >= 0.6 is 0 Å². The van der Waals surface area contributed by atoms with Crippen molar-refractivity contribution in [2.75, 3.05) is 11.4 Å². The molecule has 1 aliphatic carbocycles. The Balaban J connectivity index is 1.72. The Labute approximate surface area is 209 Å². The predicted molar refractivity (Wildman–Crippen MR) is 134 cm³/mol. The molecule has 0 aliphatic heterocycles. The number of furan rings is 1. The van der Waals surface area contributed by atoms with E-state index in [0.717, 1.165) is 36.8 Å². The van der Waals surface area contributed by atoms with Gasteiger partial charge in [0.15, 0.2) is 5.76 Å². The van der Waals surface area contributed by atoms with Crippen molar-refractivity contribution in [1.29, 1.82) is 0 Å². The van der Waals surface area contributed by atoms with E-state index in [1.54, 1.807) is 6.07 Å². The molecule has 2 aromatic carbocycles. The third kappa shape index (κ3) is 5.82. The fraction of sp³-hybridized carbons (Fsp3) is 0.321. The van der Waals surface area contributed by atoms with Gasteiger partial charge in [0.25, 0.3) is 5.91 Å². The van der Waals surface area contributed by atoms with Gasteiger partial charge in [0, 0.05) is 11.7 Å². The van der Waals surface area contributed by atoms with E-state index in [0.29, 0.717) is 11.3 Å². The summed E-state index contributed by atoms with van der Waals surface area (Å²) >= 11 is 0. The molecule has 36 heavy (non-hydrogen) atoms. The standard InChI is InChI=1S/C28H30FN3O4/c1-18-9-10-19(2)23(16-18)32(25(33)17-30-27(34)24-8-5-15-36-24)26(20-11-13-21(29)14-12-20)28(35)31-22-6-3-4-7-22/h5,8-16,22,26H,3-4,6-7,17H2,1-2H3,(H,30,34)(H,31,35)/t26-/m1/s1. The van der Waals surface area contributed by atoms with Crippen LogP contribution in [-0.4, -0.2) is 30.3 Å². The molecule has 1 aliphatic rings. The van der Waals surface area contributed by atoms with Crippen molar-refractivity contribution < 1.29 is 23.2 Å². The maximum Gasteiger partial charge on any atom is 0.287 e. The lowest BCUT2D eigenvalue weighted by atomic mass is 10.00. The fourth-order valence-electron chi connectivity index (χ4n) is 4.55. The highest BCUT2D eigenvalue weighted by molar-refractivity contribution is 6.04. The number of carbonyl (C=O) groups is 3. The van der Waals surface area contributed by atoms with E-state index in [-0.39, 0.29) is 24.3 Å².